The maximum absolute atomic E-state index is 11.9. The van der Waals surface area contributed by atoms with Crippen molar-refractivity contribution in [3.8, 4) is 28.7 Å². The Morgan fingerprint density at radius 1 is 1.22 bits per heavy atom. The average Bonchev–Trinajstić information content (AvgIpc) is 3.26. The molecule has 4 rings (SSSR count). The van der Waals surface area contributed by atoms with Gasteiger partial charge in [0, 0.05) is 40.3 Å². The van der Waals surface area contributed by atoms with Crippen molar-refractivity contribution in [2.45, 2.75) is 19.9 Å². The fourth-order valence-corrected chi connectivity index (χ4v) is 2.78. The molecule has 0 amide bonds. The van der Waals surface area contributed by atoms with Crippen molar-refractivity contribution in [1.82, 2.24) is 25.1 Å². The monoisotopic (exact) mass is 366 g/mol. The first-order valence-electron chi connectivity index (χ1n) is 8.41. The SMILES string of the molecule is COc1nc(-c2c[nH]c3ccc(-c4nnc(NC(C)C)o4)cc23)cc(=O)[nH]1. The number of ether oxygens (including phenoxy) is 1. The summed E-state index contributed by atoms with van der Waals surface area (Å²) in [6.07, 6.45) is 1.80. The van der Waals surface area contributed by atoms with Gasteiger partial charge in [-0.25, -0.2) is 0 Å². The zero-order chi connectivity index (χ0) is 19.0. The third kappa shape index (κ3) is 3.26. The van der Waals surface area contributed by atoms with Crippen LogP contribution in [0.3, 0.4) is 0 Å². The first-order valence-corrected chi connectivity index (χ1v) is 8.41. The summed E-state index contributed by atoms with van der Waals surface area (Å²) in [6, 6.07) is 7.87. The number of H-pyrrole nitrogens is 2. The van der Waals surface area contributed by atoms with E-state index >= 15 is 0 Å². The van der Waals surface area contributed by atoms with E-state index < -0.39 is 0 Å². The van der Waals surface area contributed by atoms with Crippen LogP contribution < -0.4 is 15.6 Å². The summed E-state index contributed by atoms with van der Waals surface area (Å²) in [5, 5.41) is 12.1. The second-order valence-electron chi connectivity index (χ2n) is 6.31. The molecule has 27 heavy (non-hydrogen) atoms. The molecule has 0 saturated carbocycles. The third-order valence-electron chi connectivity index (χ3n) is 3.96. The number of hydrogen-bond acceptors (Lipinski definition) is 7. The van der Waals surface area contributed by atoms with Crippen molar-refractivity contribution in [2.24, 2.45) is 0 Å². The van der Waals surface area contributed by atoms with E-state index in [1.165, 1.54) is 13.2 Å². The minimum Gasteiger partial charge on any atom is -0.468 e. The van der Waals surface area contributed by atoms with Gasteiger partial charge >= 0.3 is 6.01 Å². The van der Waals surface area contributed by atoms with Gasteiger partial charge in [0.25, 0.3) is 11.6 Å². The lowest BCUT2D eigenvalue weighted by Crippen LogP contribution is -2.09. The van der Waals surface area contributed by atoms with Gasteiger partial charge < -0.3 is 19.5 Å². The maximum Gasteiger partial charge on any atom is 0.315 e. The number of benzene rings is 1. The molecule has 9 nitrogen and oxygen atoms in total. The molecule has 0 aliphatic heterocycles. The Hall–Kier alpha value is -3.62. The van der Waals surface area contributed by atoms with Crippen LogP contribution in [0.4, 0.5) is 6.01 Å². The largest absolute Gasteiger partial charge is 0.468 e. The molecular formula is C18H18N6O3. The molecule has 0 spiro atoms. The van der Waals surface area contributed by atoms with E-state index in [1.54, 1.807) is 6.20 Å². The van der Waals surface area contributed by atoms with Crippen LogP contribution in [0.2, 0.25) is 0 Å². The smallest absolute Gasteiger partial charge is 0.315 e. The number of hydrogen-bond donors (Lipinski definition) is 3. The number of rotatable bonds is 5. The summed E-state index contributed by atoms with van der Waals surface area (Å²) in [5.41, 5.74) is 2.66. The standard InChI is InChI=1S/C18H18N6O3/c1-9(2)20-18-24-23-16(27-18)10-4-5-13-11(6-10)12(8-19-13)14-7-15(25)22-17(21-14)26-3/h4-9,19H,1-3H3,(H,20,24)(H,21,22,25). The number of methoxy groups -OCH3 is 1. The van der Waals surface area contributed by atoms with E-state index in [0.29, 0.717) is 17.6 Å². The van der Waals surface area contributed by atoms with Crippen molar-refractivity contribution in [3.63, 3.8) is 0 Å². The molecule has 0 aliphatic rings. The quantitative estimate of drug-likeness (QED) is 0.496. The molecule has 4 aromatic rings. The van der Waals surface area contributed by atoms with Crippen LogP contribution in [0, 0.1) is 0 Å². The molecule has 3 heterocycles. The Morgan fingerprint density at radius 3 is 2.85 bits per heavy atom. The summed E-state index contributed by atoms with van der Waals surface area (Å²) < 4.78 is 10.7. The molecule has 1 aromatic carbocycles. The number of aromatic amines is 2. The molecule has 0 radical (unpaired) electrons. The van der Waals surface area contributed by atoms with Gasteiger partial charge in [0.05, 0.1) is 12.8 Å². The molecular weight excluding hydrogens is 348 g/mol. The van der Waals surface area contributed by atoms with Crippen LogP contribution in [0.5, 0.6) is 6.01 Å². The minimum absolute atomic E-state index is 0.157. The predicted molar refractivity (Wildman–Crippen MR) is 101 cm³/mol. The summed E-state index contributed by atoms with van der Waals surface area (Å²) in [4.78, 5) is 21.9. The van der Waals surface area contributed by atoms with Crippen LogP contribution in [0.15, 0.2) is 39.7 Å². The highest BCUT2D eigenvalue weighted by molar-refractivity contribution is 5.96. The predicted octanol–water partition coefficient (Wildman–Crippen LogP) is 2.80. The van der Waals surface area contributed by atoms with Crippen molar-refractivity contribution >= 4 is 16.9 Å². The minimum atomic E-state index is -0.288. The summed E-state index contributed by atoms with van der Waals surface area (Å²) in [6.45, 7) is 3.98. The Bertz CT molecular complexity index is 1160. The Balaban J connectivity index is 1.79. The van der Waals surface area contributed by atoms with Crippen LogP contribution >= 0.6 is 0 Å². The van der Waals surface area contributed by atoms with Crippen LogP contribution in [-0.2, 0) is 0 Å². The van der Waals surface area contributed by atoms with E-state index in [1.807, 2.05) is 32.0 Å². The summed E-state index contributed by atoms with van der Waals surface area (Å²) >= 11 is 0. The van der Waals surface area contributed by atoms with Gasteiger partial charge in [-0.3, -0.25) is 9.78 Å². The van der Waals surface area contributed by atoms with E-state index in [0.717, 1.165) is 22.0 Å². The number of aromatic nitrogens is 5. The van der Waals surface area contributed by atoms with Crippen LogP contribution in [-0.4, -0.2) is 38.3 Å². The van der Waals surface area contributed by atoms with Gasteiger partial charge in [-0.05, 0) is 32.0 Å². The Labute approximate surface area is 153 Å². The fraction of sp³-hybridized carbons (Fsp3) is 0.222. The molecule has 3 aromatic heterocycles. The first kappa shape index (κ1) is 16.8. The zero-order valence-corrected chi connectivity index (χ0v) is 15.0. The molecule has 0 unspecified atom stereocenters. The molecule has 0 atom stereocenters. The Morgan fingerprint density at radius 2 is 2.07 bits per heavy atom. The number of nitrogens with zero attached hydrogens (tertiary/aromatic N) is 3. The van der Waals surface area contributed by atoms with E-state index in [9.17, 15) is 4.79 Å². The fourth-order valence-electron chi connectivity index (χ4n) is 2.78. The molecule has 9 heteroatoms. The van der Waals surface area contributed by atoms with Crippen molar-refractivity contribution < 1.29 is 9.15 Å². The molecule has 0 aliphatic carbocycles. The van der Waals surface area contributed by atoms with Gasteiger partial charge in [0.1, 0.15) is 0 Å². The van der Waals surface area contributed by atoms with Crippen molar-refractivity contribution in [2.75, 3.05) is 12.4 Å². The van der Waals surface area contributed by atoms with E-state index in [-0.39, 0.29) is 17.6 Å². The van der Waals surface area contributed by atoms with Crippen molar-refractivity contribution in [1.29, 1.82) is 0 Å². The molecule has 0 saturated heterocycles. The molecule has 3 N–H and O–H groups in total. The molecule has 138 valence electrons. The number of fused-ring (bicyclic) bond motifs is 1. The third-order valence-corrected chi connectivity index (χ3v) is 3.96. The van der Waals surface area contributed by atoms with E-state index in [2.05, 4.69) is 30.5 Å². The highest BCUT2D eigenvalue weighted by Crippen LogP contribution is 2.31. The van der Waals surface area contributed by atoms with Crippen LogP contribution in [0.25, 0.3) is 33.6 Å². The highest BCUT2D eigenvalue weighted by atomic mass is 16.5. The van der Waals surface area contributed by atoms with Gasteiger partial charge in [0.15, 0.2) is 0 Å². The lowest BCUT2D eigenvalue weighted by atomic mass is 10.1. The second-order valence-corrected chi connectivity index (χ2v) is 6.31. The van der Waals surface area contributed by atoms with Crippen LogP contribution in [0.1, 0.15) is 13.8 Å². The summed E-state index contributed by atoms with van der Waals surface area (Å²) in [7, 11) is 1.45. The average molecular weight is 366 g/mol. The molecule has 0 bridgehead atoms. The molecule has 0 fully saturated rings. The van der Waals surface area contributed by atoms with Gasteiger partial charge in [-0.15, -0.1) is 5.10 Å². The topological polar surface area (TPSA) is 122 Å². The van der Waals surface area contributed by atoms with Gasteiger partial charge in [-0.1, -0.05) is 5.10 Å². The first-order chi connectivity index (χ1) is 13.0. The normalized spacial score (nSPS) is 11.3. The lowest BCUT2D eigenvalue weighted by Gasteiger charge is -2.03. The van der Waals surface area contributed by atoms with Gasteiger partial charge in [0.2, 0.25) is 5.89 Å². The van der Waals surface area contributed by atoms with Crippen molar-refractivity contribution in [3.05, 3.63) is 40.8 Å². The zero-order valence-electron chi connectivity index (χ0n) is 15.0. The Kier molecular flexibility index (Phi) is 4.11. The highest BCUT2D eigenvalue weighted by Gasteiger charge is 2.14. The second kappa shape index (κ2) is 6.60. The number of anilines is 1. The van der Waals surface area contributed by atoms with Gasteiger partial charge in [-0.2, -0.15) is 4.98 Å². The maximum atomic E-state index is 11.9. The lowest BCUT2D eigenvalue weighted by molar-refractivity contribution is 0.379. The number of nitrogens with one attached hydrogen (secondary N) is 3. The van der Waals surface area contributed by atoms with E-state index in [4.69, 9.17) is 9.15 Å². The summed E-state index contributed by atoms with van der Waals surface area (Å²) in [5.74, 6) is 0.406.